The van der Waals surface area contributed by atoms with Crippen molar-refractivity contribution in [1.29, 1.82) is 0 Å². The van der Waals surface area contributed by atoms with Gasteiger partial charge < -0.3 is 9.66 Å². The van der Waals surface area contributed by atoms with Crippen molar-refractivity contribution in [2.24, 2.45) is 0 Å². The predicted octanol–water partition coefficient (Wildman–Crippen LogP) is 4.46. The second-order valence-corrected chi connectivity index (χ2v) is 10.5. The Morgan fingerprint density at radius 1 is 0.600 bits per heavy atom. The number of unbranched alkanes of at least 4 members (excludes halogenated alkanes) is 18. The Morgan fingerprint density at radius 3 is 1.10 bits per heavy atom. The molecule has 0 saturated carbocycles. The van der Waals surface area contributed by atoms with Gasteiger partial charge in [0.05, 0.1) is 0 Å². The molecule has 0 aromatic rings. The van der Waals surface area contributed by atoms with Crippen LogP contribution in [-0.4, -0.2) is 23.0 Å². The van der Waals surface area contributed by atoms with Gasteiger partial charge in [-0.05, 0) is 19.3 Å². The van der Waals surface area contributed by atoms with Crippen LogP contribution in [0.5, 0.6) is 0 Å². The van der Waals surface area contributed by atoms with E-state index in [1.807, 2.05) is 0 Å². The number of hydrogen-bond donors (Lipinski definition) is 1. The van der Waals surface area contributed by atoms with Crippen molar-refractivity contribution in [3.63, 3.8) is 0 Å². The van der Waals surface area contributed by atoms with E-state index >= 15 is 0 Å². The van der Waals surface area contributed by atoms with Crippen molar-refractivity contribution in [1.82, 2.24) is 0 Å². The minimum Gasteiger partial charge on any atom is -0.746 e. The second-order valence-electron chi connectivity index (χ2n) is 8.87. The molecular weight excluding hydrogens is 407 g/mol. The van der Waals surface area contributed by atoms with Gasteiger partial charge in [0.2, 0.25) is 0 Å². The van der Waals surface area contributed by atoms with E-state index in [2.05, 4.69) is 6.92 Å². The molecule has 0 rings (SSSR count). The smallest absolute Gasteiger partial charge is 0.746 e. The SMILES string of the molecule is CCCCCCCCCCCCCCCCCCCCCC(O)(CC)S(=O)(=O)[O-].[Na+]. The molecule has 0 radical (unpaired) electrons. The van der Waals surface area contributed by atoms with Gasteiger partial charge in [-0.15, -0.1) is 0 Å². The Morgan fingerprint density at radius 2 is 0.867 bits per heavy atom. The monoisotopic (exact) mass is 456 g/mol. The van der Waals surface area contributed by atoms with Crippen LogP contribution in [0.1, 0.15) is 149 Å². The van der Waals surface area contributed by atoms with Gasteiger partial charge >= 0.3 is 29.6 Å². The molecule has 30 heavy (non-hydrogen) atoms. The fourth-order valence-corrected chi connectivity index (χ4v) is 4.71. The van der Waals surface area contributed by atoms with Crippen molar-refractivity contribution in [3.8, 4) is 0 Å². The van der Waals surface area contributed by atoms with E-state index in [9.17, 15) is 18.1 Å². The van der Waals surface area contributed by atoms with Crippen LogP contribution < -0.4 is 29.6 Å². The first kappa shape index (κ1) is 33.0. The Balaban J connectivity index is 0. The van der Waals surface area contributed by atoms with Gasteiger partial charge in [-0.3, -0.25) is 0 Å². The van der Waals surface area contributed by atoms with Crippen LogP contribution in [0.25, 0.3) is 0 Å². The molecule has 0 fully saturated rings. The van der Waals surface area contributed by atoms with Gasteiger partial charge in [-0.25, -0.2) is 8.42 Å². The van der Waals surface area contributed by atoms with Gasteiger partial charge in [-0.1, -0.05) is 129 Å². The summed E-state index contributed by atoms with van der Waals surface area (Å²) < 4.78 is 33.3. The van der Waals surface area contributed by atoms with Crippen molar-refractivity contribution in [2.45, 2.75) is 154 Å². The minimum absolute atomic E-state index is 0. The van der Waals surface area contributed by atoms with Crippen molar-refractivity contribution >= 4 is 10.1 Å². The molecule has 0 aromatic heterocycles. The van der Waals surface area contributed by atoms with E-state index in [0.717, 1.165) is 19.3 Å². The number of aliphatic hydroxyl groups is 1. The summed E-state index contributed by atoms with van der Waals surface area (Å²) in [6.45, 7) is 3.82. The maximum absolute atomic E-state index is 11.1. The summed E-state index contributed by atoms with van der Waals surface area (Å²) in [5.74, 6) is 0. The maximum Gasteiger partial charge on any atom is 1.00 e. The van der Waals surface area contributed by atoms with Crippen LogP contribution in [0, 0.1) is 0 Å². The van der Waals surface area contributed by atoms with Gasteiger partial charge in [0.15, 0.2) is 4.93 Å². The van der Waals surface area contributed by atoms with Gasteiger partial charge in [-0.2, -0.15) is 0 Å². The predicted molar refractivity (Wildman–Crippen MR) is 123 cm³/mol. The topological polar surface area (TPSA) is 77.4 Å². The molecule has 1 atom stereocenters. The van der Waals surface area contributed by atoms with Crippen molar-refractivity contribution in [3.05, 3.63) is 0 Å². The van der Waals surface area contributed by atoms with Gasteiger partial charge in [0, 0.05) is 0 Å². The van der Waals surface area contributed by atoms with Crippen LogP contribution >= 0.6 is 0 Å². The molecule has 0 aliphatic heterocycles. The Kier molecular flexibility index (Phi) is 23.9. The quantitative estimate of drug-likeness (QED) is 0.148. The maximum atomic E-state index is 11.1. The summed E-state index contributed by atoms with van der Waals surface area (Å²) in [5, 5.41) is 9.90. The fourth-order valence-electron chi connectivity index (χ4n) is 3.96. The molecule has 6 heteroatoms. The molecule has 0 amide bonds. The normalized spacial score (nSPS) is 13.7. The summed E-state index contributed by atoms with van der Waals surface area (Å²) in [6.07, 6.45) is 24.3. The van der Waals surface area contributed by atoms with Crippen LogP contribution in [0.4, 0.5) is 0 Å². The van der Waals surface area contributed by atoms with E-state index < -0.39 is 15.1 Å². The Bertz CT molecular complexity index is 456. The molecule has 0 aliphatic carbocycles. The third-order valence-corrected chi connectivity index (χ3v) is 7.61. The van der Waals surface area contributed by atoms with Gasteiger partial charge in [0.1, 0.15) is 10.1 Å². The van der Waals surface area contributed by atoms with Crippen molar-refractivity contribution < 1.29 is 47.6 Å². The molecular formula is C24H49NaO4S. The summed E-state index contributed by atoms with van der Waals surface area (Å²) in [4.78, 5) is -2.07. The van der Waals surface area contributed by atoms with Crippen molar-refractivity contribution in [2.75, 3.05) is 0 Å². The van der Waals surface area contributed by atoms with Crippen LogP contribution in [0.2, 0.25) is 0 Å². The zero-order valence-electron chi connectivity index (χ0n) is 20.4. The Hall–Kier alpha value is 0.870. The molecule has 1 unspecified atom stereocenters. The average Bonchev–Trinajstić information content (AvgIpc) is 2.68. The second kappa shape index (κ2) is 21.7. The first-order valence-corrected chi connectivity index (χ1v) is 14.0. The minimum atomic E-state index is -4.63. The summed E-state index contributed by atoms with van der Waals surface area (Å²) in [7, 11) is -4.63. The van der Waals surface area contributed by atoms with E-state index in [1.165, 1.54) is 96.3 Å². The average molecular weight is 457 g/mol. The van der Waals surface area contributed by atoms with E-state index in [0.29, 0.717) is 6.42 Å². The summed E-state index contributed by atoms with van der Waals surface area (Å²) in [5.41, 5.74) is 0. The Labute approximate surface area is 210 Å². The van der Waals surface area contributed by atoms with E-state index in [4.69, 9.17) is 0 Å². The molecule has 0 heterocycles. The molecule has 0 aromatic carbocycles. The fraction of sp³-hybridized carbons (Fsp3) is 1.00. The van der Waals surface area contributed by atoms with Crippen LogP contribution in [0.3, 0.4) is 0 Å². The standard InChI is InChI=1S/C24H50O4S.Na/c1-3-5-6-7-8-9-10-11-12-13-14-15-16-17-18-19-20-21-22-23-24(25,4-2)29(26,27)28;/h25H,3-23H2,1-2H3,(H,26,27,28);/q;+1/p-1. The van der Waals surface area contributed by atoms with Gasteiger partial charge in [0.25, 0.3) is 0 Å². The van der Waals surface area contributed by atoms with E-state index in [1.54, 1.807) is 6.92 Å². The summed E-state index contributed by atoms with van der Waals surface area (Å²) in [6, 6.07) is 0. The molecule has 176 valence electrons. The number of rotatable bonds is 22. The van der Waals surface area contributed by atoms with Crippen LogP contribution in [0.15, 0.2) is 0 Å². The zero-order valence-corrected chi connectivity index (χ0v) is 23.2. The van der Waals surface area contributed by atoms with Crippen LogP contribution in [-0.2, 0) is 10.1 Å². The molecule has 4 nitrogen and oxygen atoms in total. The number of hydrogen-bond acceptors (Lipinski definition) is 4. The third-order valence-electron chi connectivity index (χ3n) is 6.19. The molecule has 0 aliphatic rings. The molecule has 0 spiro atoms. The first-order valence-electron chi connectivity index (χ1n) is 12.5. The van der Waals surface area contributed by atoms with E-state index in [-0.39, 0.29) is 42.4 Å². The zero-order chi connectivity index (χ0) is 21.8. The molecule has 0 saturated heterocycles. The largest absolute Gasteiger partial charge is 1.00 e. The summed E-state index contributed by atoms with van der Waals surface area (Å²) >= 11 is 0. The first-order chi connectivity index (χ1) is 13.9. The molecule has 1 N–H and O–H groups in total. The third kappa shape index (κ3) is 18.4. The molecule has 0 bridgehead atoms.